The van der Waals surface area contributed by atoms with E-state index >= 15 is 0 Å². The van der Waals surface area contributed by atoms with Gasteiger partial charge in [0.1, 0.15) is 17.5 Å². The Morgan fingerprint density at radius 1 is 1.22 bits per heavy atom. The second-order valence-electron chi connectivity index (χ2n) is 9.34. The maximum absolute atomic E-state index is 11.9. The highest BCUT2D eigenvalue weighted by atomic mass is 16.5. The van der Waals surface area contributed by atoms with E-state index in [-0.39, 0.29) is 12.0 Å². The molecule has 32 heavy (non-hydrogen) atoms. The van der Waals surface area contributed by atoms with Crippen molar-refractivity contribution in [3.63, 3.8) is 0 Å². The smallest absolute Gasteiger partial charge is 0.319 e. The average Bonchev–Trinajstić information content (AvgIpc) is 3.43. The fourth-order valence-corrected chi connectivity index (χ4v) is 5.77. The van der Waals surface area contributed by atoms with Gasteiger partial charge in [0.15, 0.2) is 0 Å². The summed E-state index contributed by atoms with van der Waals surface area (Å²) in [7, 11) is 0. The third-order valence-electron chi connectivity index (χ3n) is 7.15. The molecule has 1 aromatic carbocycles. The van der Waals surface area contributed by atoms with E-state index in [1.165, 1.54) is 11.1 Å². The first kappa shape index (κ1) is 21.5. The molecule has 0 amide bonds. The molecule has 0 unspecified atom stereocenters. The standard InChI is InChI=1S/C25H33N3O4/c1-4-30-23-20(12-26-24(27-23)31-5-2)25(29)9-8-18-14-28(15-21(18)25)13-17-6-7-22-19(11-17)10-16(3)32-22/h6-7,11-12,16,18,21,29H,4-5,8-10,13-15H2,1-3H3/t16-,18+,21-,25-/m0/s1. The molecule has 4 atom stereocenters. The van der Waals surface area contributed by atoms with Crippen LogP contribution in [0.5, 0.6) is 17.6 Å². The van der Waals surface area contributed by atoms with Gasteiger partial charge in [-0.3, -0.25) is 4.90 Å². The monoisotopic (exact) mass is 439 g/mol. The third-order valence-corrected chi connectivity index (χ3v) is 7.15. The lowest BCUT2D eigenvalue weighted by Gasteiger charge is -2.31. The molecule has 1 aromatic heterocycles. The second-order valence-corrected chi connectivity index (χ2v) is 9.34. The van der Waals surface area contributed by atoms with Crippen LogP contribution in [0.25, 0.3) is 0 Å². The number of nitrogens with zero attached hydrogens (tertiary/aromatic N) is 3. The average molecular weight is 440 g/mol. The molecule has 3 aliphatic rings. The topological polar surface area (TPSA) is 76.9 Å². The quantitative estimate of drug-likeness (QED) is 0.709. The van der Waals surface area contributed by atoms with Crippen LogP contribution in [0.15, 0.2) is 24.4 Å². The van der Waals surface area contributed by atoms with Gasteiger partial charge in [0, 0.05) is 38.2 Å². The van der Waals surface area contributed by atoms with Crippen LogP contribution < -0.4 is 14.2 Å². The van der Waals surface area contributed by atoms with E-state index in [1.54, 1.807) is 6.20 Å². The van der Waals surface area contributed by atoms with E-state index in [0.29, 0.717) is 43.0 Å². The molecule has 2 fully saturated rings. The minimum Gasteiger partial charge on any atom is -0.490 e. The molecule has 0 radical (unpaired) electrons. The summed E-state index contributed by atoms with van der Waals surface area (Å²) in [5.74, 6) is 2.06. The molecule has 5 rings (SSSR count). The molecule has 1 saturated heterocycles. The van der Waals surface area contributed by atoms with Crippen molar-refractivity contribution >= 4 is 0 Å². The summed E-state index contributed by atoms with van der Waals surface area (Å²) in [5, 5.41) is 11.9. The van der Waals surface area contributed by atoms with E-state index in [4.69, 9.17) is 14.2 Å². The van der Waals surface area contributed by atoms with Crippen molar-refractivity contribution in [1.29, 1.82) is 0 Å². The number of aliphatic hydroxyl groups is 1. The highest BCUT2D eigenvalue weighted by Gasteiger charge is 2.54. The molecule has 1 aliphatic carbocycles. The SMILES string of the molecule is CCOc1ncc([C@@]2(O)CC[C@@H]3CN(Cc4ccc5c(c4)C[C@H](C)O5)C[C@@H]32)c(OCC)n1. The van der Waals surface area contributed by atoms with Crippen molar-refractivity contribution in [2.75, 3.05) is 26.3 Å². The van der Waals surface area contributed by atoms with Gasteiger partial charge in [-0.05, 0) is 56.7 Å². The molecule has 0 spiro atoms. The van der Waals surface area contributed by atoms with Crippen LogP contribution in [-0.2, 0) is 18.6 Å². The molecule has 0 bridgehead atoms. The first-order chi connectivity index (χ1) is 15.5. The number of ether oxygens (including phenoxy) is 3. The molecule has 1 N–H and O–H groups in total. The van der Waals surface area contributed by atoms with E-state index in [9.17, 15) is 5.11 Å². The first-order valence-corrected chi connectivity index (χ1v) is 11.9. The summed E-state index contributed by atoms with van der Waals surface area (Å²) in [6, 6.07) is 6.85. The van der Waals surface area contributed by atoms with Gasteiger partial charge in [0.2, 0.25) is 5.88 Å². The van der Waals surface area contributed by atoms with Gasteiger partial charge >= 0.3 is 6.01 Å². The van der Waals surface area contributed by atoms with Crippen molar-refractivity contribution in [1.82, 2.24) is 14.9 Å². The van der Waals surface area contributed by atoms with Gasteiger partial charge in [-0.1, -0.05) is 12.1 Å². The van der Waals surface area contributed by atoms with E-state index in [2.05, 4.69) is 40.0 Å². The number of fused-ring (bicyclic) bond motifs is 2. The molecule has 7 nitrogen and oxygen atoms in total. The molecular formula is C25H33N3O4. The van der Waals surface area contributed by atoms with Crippen molar-refractivity contribution < 1.29 is 19.3 Å². The Bertz CT molecular complexity index is 984. The lowest BCUT2D eigenvalue weighted by molar-refractivity contribution is -0.0101. The molecule has 7 heteroatoms. The highest BCUT2D eigenvalue weighted by molar-refractivity contribution is 5.40. The normalized spacial score (nSPS) is 28.9. The minimum absolute atomic E-state index is 0.140. The lowest BCUT2D eigenvalue weighted by atomic mass is 9.83. The predicted molar refractivity (Wildman–Crippen MR) is 120 cm³/mol. The van der Waals surface area contributed by atoms with Crippen molar-refractivity contribution in [3.8, 4) is 17.6 Å². The van der Waals surface area contributed by atoms with Gasteiger partial charge in [-0.15, -0.1) is 0 Å². The Morgan fingerprint density at radius 3 is 2.88 bits per heavy atom. The summed E-state index contributed by atoms with van der Waals surface area (Å²) in [4.78, 5) is 11.3. The van der Waals surface area contributed by atoms with Crippen LogP contribution in [0.2, 0.25) is 0 Å². The number of hydrogen-bond acceptors (Lipinski definition) is 7. The molecule has 172 valence electrons. The van der Waals surface area contributed by atoms with Crippen LogP contribution in [0.4, 0.5) is 0 Å². The summed E-state index contributed by atoms with van der Waals surface area (Å²) in [5.41, 5.74) is 2.33. The largest absolute Gasteiger partial charge is 0.490 e. The maximum Gasteiger partial charge on any atom is 0.319 e. The third kappa shape index (κ3) is 3.82. The molecule has 2 aliphatic heterocycles. The predicted octanol–water partition coefficient (Wildman–Crippen LogP) is 3.33. The Morgan fingerprint density at radius 2 is 2.06 bits per heavy atom. The van der Waals surface area contributed by atoms with Crippen LogP contribution in [-0.4, -0.2) is 52.4 Å². The van der Waals surface area contributed by atoms with Gasteiger partial charge in [-0.2, -0.15) is 4.98 Å². The van der Waals surface area contributed by atoms with E-state index < -0.39 is 5.60 Å². The maximum atomic E-state index is 11.9. The zero-order valence-corrected chi connectivity index (χ0v) is 19.2. The number of hydrogen-bond donors (Lipinski definition) is 1. The van der Waals surface area contributed by atoms with Crippen LogP contribution in [0, 0.1) is 11.8 Å². The second kappa shape index (κ2) is 8.52. The Kier molecular flexibility index (Phi) is 5.72. The number of aromatic nitrogens is 2. The van der Waals surface area contributed by atoms with Crippen molar-refractivity contribution in [3.05, 3.63) is 41.1 Å². The van der Waals surface area contributed by atoms with Gasteiger partial charge in [0.25, 0.3) is 0 Å². The minimum atomic E-state index is -0.976. The first-order valence-electron chi connectivity index (χ1n) is 11.9. The van der Waals surface area contributed by atoms with Crippen LogP contribution >= 0.6 is 0 Å². The van der Waals surface area contributed by atoms with Crippen molar-refractivity contribution in [2.24, 2.45) is 11.8 Å². The molecule has 1 saturated carbocycles. The molecule has 2 aromatic rings. The number of likely N-dealkylation sites (tertiary alicyclic amines) is 1. The molecule has 3 heterocycles. The Balaban J connectivity index is 1.34. The summed E-state index contributed by atoms with van der Waals surface area (Å²) in [6.07, 6.45) is 4.65. The van der Waals surface area contributed by atoms with Crippen LogP contribution in [0.3, 0.4) is 0 Å². The van der Waals surface area contributed by atoms with Crippen LogP contribution in [0.1, 0.15) is 50.3 Å². The zero-order chi connectivity index (χ0) is 22.3. The molecular weight excluding hydrogens is 406 g/mol. The fraction of sp³-hybridized carbons (Fsp3) is 0.600. The van der Waals surface area contributed by atoms with E-state index in [0.717, 1.165) is 38.2 Å². The summed E-state index contributed by atoms with van der Waals surface area (Å²) in [6.45, 7) is 9.64. The zero-order valence-electron chi connectivity index (χ0n) is 19.2. The van der Waals surface area contributed by atoms with Gasteiger partial charge < -0.3 is 19.3 Å². The fourth-order valence-electron chi connectivity index (χ4n) is 5.77. The summed E-state index contributed by atoms with van der Waals surface area (Å²) < 4.78 is 17.1. The Labute approximate surface area is 189 Å². The van der Waals surface area contributed by atoms with Gasteiger partial charge in [-0.25, -0.2) is 4.98 Å². The summed E-state index contributed by atoms with van der Waals surface area (Å²) >= 11 is 0. The van der Waals surface area contributed by atoms with Gasteiger partial charge in [0.05, 0.1) is 18.8 Å². The number of benzene rings is 1. The Hall–Kier alpha value is -2.38. The van der Waals surface area contributed by atoms with Crippen molar-refractivity contribution in [2.45, 2.75) is 58.3 Å². The van der Waals surface area contributed by atoms with E-state index in [1.807, 2.05) is 13.8 Å². The lowest BCUT2D eigenvalue weighted by Crippen LogP contribution is -2.35. The highest BCUT2D eigenvalue weighted by Crippen LogP contribution is 2.52. The number of rotatable bonds is 7.